The maximum atomic E-state index is 12.3. The fourth-order valence-corrected chi connectivity index (χ4v) is 3.44. The SMILES string of the molecule is C=CCC1(CCCCCCCCCCCC)C(=O)NC(=S)NC1=O. The third-order valence-electron chi connectivity index (χ3n) is 4.77. The fraction of sp³-hybridized carbons (Fsp3) is 0.737. The van der Waals surface area contributed by atoms with Crippen LogP contribution in [0.5, 0.6) is 0 Å². The van der Waals surface area contributed by atoms with Gasteiger partial charge in [-0.25, -0.2) is 0 Å². The molecule has 1 fully saturated rings. The number of amides is 2. The molecular weight excluding hydrogens is 320 g/mol. The molecule has 0 aromatic carbocycles. The molecule has 4 nitrogen and oxygen atoms in total. The van der Waals surface area contributed by atoms with E-state index in [-0.39, 0.29) is 16.9 Å². The molecule has 0 spiro atoms. The lowest BCUT2D eigenvalue weighted by Gasteiger charge is -2.34. The molecule has 1 aliphatic rings. The lowest BCUT2D eigenvalue weighted by atomic mass is 9.76. The van der Waals surface area contributed by atoms with Crippen molar-refractivity contribution in [2.75, 3.05) is 0 Å². The van der Waals surface area contributed by atoms with Crippen LogP contribution >= 0.6 is 12.2 Å². The number of nitrogens with one attached hydrogen (secondary N) is 2. The highest BCUT2D eigenvalue weighted by atomic mass is 32.1. The predicted octanol–water partition coefficient (Wildman–Crippen LogP) is 4.39. The number of carbonyl (C=O) groups is 2. The molecule has 0 atom stereocenters. The van der Waals surface area contributed by atoms with Crippen molar-refractivity contribution in [1.29, 1.82) is 0 Å². The van der Waals surface area contributed by atoms with Crippen molar-refractivity contribution in [3.63, 3.8) is 0 Å². The van der Waals surface area contributed by atoms with Crippen LogP contribution < -0.4 is 10.6 Å². The van der Waals surface area contributed by atoms with Gasteiger partial charge in [-0.15, -0.1) is 6.58 Å². The molecular formula is C19H32N2O2S. The summed E-state index contributed by atoms with van der Waals surface area (Å²) in [5, 5.41) is 5.27. The third-order valence-corrected chi connectivity index (χ3v) is 4.98. The molecule has 0 aromatic rings. The zero-order valence-corrected chi connectivity index (χ0v) is 15.8. The molecule has 1 saturated heterocycles. The first-order valence-electron chi connectivity index (χ1n) is 9.34. The summed E-state index contributed by atoms with van der Waals surface area (Å²) in [6.45, 7) is 5.93. The van der Waals surface area contributed by atoms with Crippen LogP contribution in [0.3, 0.4) is 0 Å². The minimum absolute atomic E-state index is 0.104. The molecule has 1 heterocycles. The molecule has 0 radical (unpaired) electrons. The van der Waals surface area contributed by atoms with E-state index in [4.69, 9.17) is 12.2 Å². The molecule has 1 rings (SSSR count). The summed E-state index contributed by atoms with van der Waals surface area (Å²) in [6, 6.07) is 0. The molecule has 5 heteroatoms. The van der Waals surface area contributed by atoms with Crippen LogP contribution in [-0.4, -0.2) is 16.9 Å². The summed E-state index contributed by atoms with van der Waals surface area (Å²) < 4.78 is 0. The fourth-order valence-electron chi connectivity index (χ4n) is 3.26. The maximum absolute atomic E-state index is 12.3. The van der Waals surface area contributed by atoms with Crippen LogP contribution in [0.1, 0.15) is 84.0 Å². The Morgan fingerprint density at radius 2 is 1.38 bits per heavy atom. The number of allylic oxidation sites excluding steroid dienone is 1. The first-order valence-corrected chi connectivity index (χ1v) is 9.75. The van der Waals surface area contributed by atoms with E-state index in [0.29, 0.717) is 12.8 Å². The summed E-state index contributed by atoms with van der Waals surface area (Å²) in [6.07, 6.45) is 14.8. The Morgan fingerprint density at radius 1 is 0.917 bits per heavy atom. The van der Waals surface area contributed by atoms with Gasteiger partial charge in [0, 0.05) is 0 Å². The molecule has 1 aliphatic heterocycles. The number of hydrogen-bond donors (Lipinski definition) is 2. The second-order valence-electron chi connectivity index (χ2n) is 6.74. The second-order valence-corrected chi connectivity index (χ2v) is 7.15. The van der Waals surface area contributed by atoms with Crippen LogP contribution in [0, 0.1) is 5.41 Å². The third kappa shape index (κ3) is 6.34. The van der Waals surface area contributed by atoms with Gasteiger partial charge in [0.2, 0.25) is 11.8 Å². The molecule has 0 aliphatic carbocycles. The van der Waals surface area contributed by atoms with Gasteiger partial charge in [0.1, 0.15) is 5.41 Å². The second kappa shape index (κ2) is 11.3. The molecule has 136 valence electrons. The summed E-state index contributed by atoms with van der Waals surface area (Å²) in [5.74, 6) is -0.570. The first kappa shape index (κ1) is 20.8. The van der Waals surface area contributed by atoms with Crippen molar-refractivity contribution in [3.05, 3.63) is 12.7 Å². The van der Waals surface area contributed by atoms with Crippen LogP contribution in [0.15, 0.2) is 12.7 Å². The standard InChI is InChI=1S/C19H32N2O2S/c1-3-5-6-7-8-9-10-11-12-13-15-19(14-4-2)16(22)20-18(24)21-17(19)23/h4H,2-3,5-15H2,1H3,(H2,20,21,22,23,24). The summed E-state index contributed by atoms with van der Waals surface area (Å²) in [4.78, 5) is 24.6. The van der Waals surface area contributed by atoms with Crippen molar-refractivity contribution in [3.8, 4) is 0 Å². The van der Waals surface area contributed by atoms with Gasteiger partial charge in [-0.2, -0.15) is 0 Å². The Bertz CT molecular complexity index is 429. The number of unbranched alkanes of at least 4 members (excludes halogenated alkanes) is 9. The van der Waals surface area contributed by atoms with Crippen molar-refractivity contribution >= 4 is 29.1 Å². The number of hydrogen-bond acceptors (Lipinski definition) is 3. The maximum Gasteiger partial charge on any atom is 0.242 e. The molecule has 2 amide bonds. The van der Waals surface area contributed by atoms with Crippen LogP contribution in [0.2, 0.25) is 0 Å². The van der Waals surface area contributed by atoms with E-state index in [0.717, 1.165) is 12.8 Å². The van der Waals surface area contributed by atoms with Crippen molar-refractivity contribution in [1.82, 2.24) is 10.6 Å². The number of thiocarbonyl (C=S) groups is 1. The monoisotopic (exact) mass is 352 g/mol. The van der Waals surface area contributed by atoms with E-state index in [2.05, 4.69) is 24.1 Å². The Hall–Kier alpha value is -1.23. The average Bonchev–Trinajstić information content (AvgIpc) is 2.54. The van der Waals surface area contributed by atoms with Gasteiger partial charge in [0.25, 0.3) is 0 Å². The van der Waals surface area contributed by atoms with Gasteiger partial charge >= 0.3 is 0 Å². The van der Waals surface area contributed by atoms with Crippen LogP contribution in [-0.2, 0) is 9.59 Å². The van der Waals surface area contributed by atoms with Gasteiger partial charge in [0.05, 0.1) is 0 Å². The lowest BCUT2D eigenvalue weighted by Crippen LogP contribution is -2.62. The highest BCUT2D eigenvalue weighted by molar-refractivity contribution is 7.80. The van der Waals surface area contributed by atoms with Gasteiger partial charge in [-0.3, -0.25) is 9.59 Å². The summed E-state index contributed by atoms with van der Waals surface area (Å²) in [7, 11) is 0. The minimum Gasteiger partial charge on any atom is -0.302 e. The molecule has 2 N–H and O–H groups in total. The highest BCUT2D eigenvalue weighted by Crippen LogP contribution is 2.32. The van der Waals surface area contributed by atoms with Crippen molar-refractivity contribution in [2.24, 2.45) is 5.41 Å². The van der Waals surface area contributed by atoms with Crippen LogP contribution in [0.25, 0.3) is 0 Å². The Balaban J connectivity index is 2.27. The summed E-state index contributed by atoms with van der Waals surface area (Å²) >= 11 is 4.88. The van der Waals surface area contributed by atoms with E-state index in [1.807, 2.05) is 0 Å². The zero-order chi connectivity index (χ0) is 17.8. The molecule has 0 saturated carbocycles. The number of carbonyl (C=O) groups excluding carboxylic acids is 2. The van der Waals surface area contributed by atoms with Crippen LogP contribution in [0.4, 0.5) is 0 Å². The smallest absolute Gasteiger partial charge is 0.242 e. The van der Waals surface area contributed by atoms with Crippen molar-refractivity contribution < 1.29 is 9.59 Å². The first-order chi connectivity index (χ1) is 11.6. The van der Waals surface area contributed by atoms with E-state index in [9.17, 15) is 9.59 Å². The van der Waals surface area contributed by atoms with Gasteiger partial charge < -0.3 is 10.6 Å². The quantitative estimate of drug-likeness (QED) is 0.224. The number of rotatable bonds is 13. The van der Waals surface area contributed by atoms with Gasteiger partial charge in [0.15, 0.2) is 5.11 Å². The minimum atomic E-state index is -1.04. The van der Waals surface area contributed by atoms with Gasteiger partial charge in [-0.05, 0) is 25.1 Å². The largest absolute Gasteiger partial charge is 0.302 e. The topological polar surface area (TPSA) is 58.2 Å². The molecule has 0 bridgehead atoms. The van der Waals surface area contributed by atoms with E-state index in [1.54, 1.807) is 6.08 Å². The van der Waals surface area contributed by atoms with Gasteiger partial charge in [-0.1, -0.05) is 77.2 Å². The van der Waals surface area contributed by atoms with E-state index in [1.165, 1.54) is 51.4 Å². The molecule has 0 aromatic heterocycles. The summed E-state index contributed by atoms with van der Waals surface area (Å²) in [5.41, 5.74) is -1.04. The Morgan fingerprint density at radius 3 is 1.83 bits per heavy atom. The highest BCUT2D eigenvalue weighted by Gasteiger charge is 2.47. The normalized spacial score (nSPS) is 16.6. The zero-order valence-electron chi connectivity index (χ0n) is 15.0. The Kier molecular flexibility index (Phi) is 9.84. The Labute approximate surface area is 151 Å². The average molecular weight is 353 g/mol. The van der Waals surface area contributed by atoms with Crippen molar-refractivity contribution in [2.45, 2.75) is 84.0 Å². The van der Waals surface area contributed by atoms with E-state index < -0.39 is 5.41 Å². The predicted molar refractivity (Wildman–Crippen MR) is 103 cm³/mol. The lowest BCUT2D eigenvalue weighted by molar-refractivity contribution is -0.144. The molecule has 0 unspecified atom stereocenters. The molecule has 24 heavy (non-hydrogen) atoms. The van der Waals surface area contributed by atoms with E-state index >= 15 is 0 Å².